The summed E-state index contributed by atoms with van der Waals surface area (Å²) in [6, 6.07) is 0. The zero-order valence-electron chi connectivity index (χ0n) is 8.94. The molecule has 0 saturated carbocycles. The van der Waals surface area contributed by atoms with Crippen LogP contribution in [0.5, 0.6) is 0 Å². The minimum atomic E-state index is -1.81. The first-order valence-electron chi connectivity index (χ1n) is 3.55. The zero-order valence-corrected chi connectivity index (χ0v) is 9.94. The molecule has 0 spiro atoms. The topological polar surface area (TPSA) is 159 Å². The number of aliphatic carboxylic acids is 1. The van der Waals surface area contributed by atoms with Crippen LogP contribution in [0, 0.1) is 0 Å². The Bertz CT molecular complexity index is 217. The fourth-order valence-corrected chi connectivity index (χ4v) is 1.07. The fraction of sp³-hybridized carbons (Fsp3) is 0.833. The molecule has 0 aliphatic carbocycles. The van der Waals surface area contributed by atoms with Crippen LogP contribution in [0.2, 0.25) is 0 Å². The van der Waals surface area contributed by atoms with E-state index in [1.165, 1.54) is 0 Å². The second-order valence-electron chi connectivity index (χ2n) is 2.76. The van der Waals surface area contributed by atoms with Gasteiger partial charge in [-0.15, -0.1) is 0 Å². The van der Waals surface area contributed by atoms with E-state index in [1.807, 2.05) is 0 Å². The van der Waals surface area contributed by atoms with Crippen molar-refractivity contribution in [3.8, 4) is 0 Å². The average molecular weight is 236 g/mol. The molecule has 1 rings (SSSR count). The number of aliphatic hydroxyl groups is 4. The van der Waals surface area contributed by atoms with Gasteiger partial charge < -0.3 is 37.2 Å². The molecule has 1 aliphatic heterocycles. The van der Waals surface area contributed by atoms with Gasteiger partial charge in [0, 0.05) is 0 Å². The van der Waals surface area contributed by atoms with Crippen molar-refractivity contribution in [1.29, 1.82) is 0 Å². The van der Waals surface area contributed by atoms with Crippen LogP contribution in [-0.4, -0.2) is 67.7 Å². The molecule has 1 aliphatic rings. The molecule has 15 heavy (non-hydrogen) atoms. The summed E-state index contributed by atoms with van der Waals surface area (Å²) >= 11 is 0. The van der Waals surface area contributed by atoms with Crippen LogP contribution in [0.15, 0.2) is 0 Å². The maximum absolute atomic E-state index is 10.4. The Labute approximate surface area is 108 Å². The number of carboxylic acids is 1. The summed E-state index contributed by atoms with van der Waals surface area (Å²) in [5.74, 6) is -1.52. The molecule has 0 unspecified atom stereocenters. The maximum atomic E-state index is 10.4. The summed E-state index contributed by atoms with van der Waals surface area (Å²) in [4.78, 5) is 10.4. The van der Waals surface area contributed by atoms with E-state index in [-0.39, 0.29) is 36.5 Å². The smallest absolute Gasteiger partial charge is 1.00 e. The van der Waals surface area contributed by atoms with Gasteiger partial charge in [-0.3, -0.25) is 0 Å². The van der Waals surface area contributed by atoms with Gasteiger partial charge in [-0.1, -0.05) is 0 Å². The third-order valence-electron chi connectivity index (χ3n) is 1.83. The number of rotatable bonds is 1. The van der Waals surface area contributed by atoms with Gasteiger partial charge in [0.25, 0.3) is 0 Å². The Hall–Kier alpha value is 0.230. The Balaban J connectivity index is -0.000000563. The minimum absolute atomic E-state index is 0. The van der Waals surface area contributed by atoms with E-state index in [9.17, 15) is 4.79 Å². The van der Waals surface area contributed by atoms with E-state index in [2.05, 4.69) is 4.74 Å². The Morgan fingerprint density at radius 2 is 1.53 bits per heavy atom. The molecule has 0 bridgehead atoms. The summed E-state index contributed by atoms with van der Waals surface area (Å²) in [5, 5.41) is 44.4. The minimum Gasteiger partial charge on any atom is -1.00 e. The van der Waals surface area contributed by atoms with Crippen molar-refractivity contribution < 1.29 is 71.5 Å². The van der Waals surface area contributed by atoms with Crippen LogP contribution in [0.3, 0.4) is 0 Å². The van der Waals surface area contributed by atoms with E-state index in [1.54, 1.807) is 0 Å². The Morgan fingerprint density at radius 1 is 1.07 bits per heavy atom. The number of carbonyl (C=O) groups is 1. The second-order valence-corrected chi connectivity index (χ2v) is 2.76. The molecule has 1 heterocycles. The predicted molar refractivity (Wildman–Crippen MR) is 41.3 cm³/mol. The van der Waals surface area contributed by atoms with E-state index in [0.717, 1.165) is 0 Å². The molecular weight excluding hydrogens is 223 g/mol. The first-order valence-corrected chi connectivity index (χ1v) is 3.55. The van der Waals surface area contributed by atoms with Crippen molar-refractivity contribution in [1.82, 2.24) is 0 Å². The van der Waals surface area contributed by atoms with Crippen molar-refractivity contribution in [3.05, 3.63) is 0 Å². The molecule has 0 aromatic heterocycles. The van der Waals surface area contributed by atoms with Gasteiger partial charge in [0.05, 0.1) is 0 Å². The molecule has 0 aromatic carbocycles. The predicted octanol–water partition coefficient (Wildman–Crippen LogP) is -6.84. The van der Waals surface area contributed by atoms with Crippen molar-refractivity contribution in [3.63, 3.8) is 0 Å². The zero-order chi connectivity index (χ0) is 10.2. The van der Waals surface area contributed by atoms with Gasteiger partial charge in [0.2, 0.25) is 0 Å². The van der Waals surface area contributed by atoms with Gasteiger partial charge in [0.15, 0.2) is 12.4 Å². The molecule has 7 N–H and O–H groups in total. The number of ether oxygens (including phenoxy) is 1. The number of aliphatic hydroxyl groups excluding tert-OH is 4. The largest absolute Gasteiger partial charge is 1.00 e. The first-order chi connectivity index (χ1) is 5.95. The fourth-order valence-electron chi connectivity index (χ4n) is 1.07. The third-order valence-corrected chi connectivity index (χ3v) is 1.83. The molecular formula is C6H13NaO8. The molecule has 0 radical (unpaired) electrons. The third kappa shape index (κ3) is 3.63. The van der Waals surface area contributed by atoms with E-state index < -0.39 is 36.7 Å². The summed E-state index contributed by atoms with van der Waals surface area (Å²) < 4.78 is 4.34. The number of carboxylic acid groups (broad SMARTS) is 1. The van der Waals surface area contributed by atoms with E-state index in [4.69, 9.17) is 25.5 Å². The summed E-state index contributed by atoms with van der Waals surface area (Å²) in [6.45, 7) is 0. The van der Waals surface area contributed by atoms with Crippen molar-refractivity contribution in [2.45, 2.75) is 30.7 Å². The molecule has 86 valence electrons. The quantitative estimate of drug-likeness (QED) is 0.283. The maximum Gasteiger partial charge on any atom is 1.00 e. The van der Waals surface area contributed by atoms with E-state index >= 15 is 0 Å². The molecule has 0 aromatic rings. The monoisotopic (exact) mass is 236 g/mol. The van der Waals surface area contributed by atoms with Gasteiger partial charge >= 0.3 is 35.5 Å². The number of hydrogen-bond acceptors (Lipinski definition) is 6. The summed E-state index contributed by atoms with van der Waals surface area (Å²) in [5.41, 5.74) is 0. The molecule has 8 nitrogen and oxygen atoms in total. The van der Waals surface area contributed by atoms with Gasteiger partial charge in [-0.05, 0) is 0 Å². The van der Waals surface area contributed by atoms with Crippen molar-refractivity contribution in [2.24, 2.45) is 0 Å². The van der Waals surface area contributed by atoms with Crippen LogP contribution in [0.25, 0.3) is 0 Å². The van der Waals surface area contributed by atoms with Crippen LogP contribution >= 0.6 is 0 Å². The average Bonchev–Trinajstić information content (AvgIpc) is 2.07. The molecule has 5 atom stereocenters. The van der Waals surface area contributed by atoms with Gasteiger partial charge in [-0.2, -0.15) is 0 Å². The van der Waals surface area contributed by atoms with Crippen LogP contribution in [0.4, 0.5) is 0 Å². The number of hydrogen-bond donors (Lipinski definition) is 5. The van der Waals surface area contributed by atoms with E-state index in [0.29, 0.717) is 0 Å². The molecule has 9 heteroatoms. The second kappa shape index (κ2) is 6.74. The normalized spacial score (nSPS) is 39.9. The SMILES string of the molecule is O.O=C(O)[C@H]1O[C@@H](O)[C@H](O)[C@@H](O)[C@@H]1O.[H-].[Na+]. The van der Waals surface area contributed by atoms with Crippen molar-refractivity contribution >= 4 is 5.97 Å². The molecule has 1 saturated heterocycles. The Kier molecular flexibility index (Phi) is 7.91. The van der Waals surface area contributed by atoms with Gasteiger partial charge in [0.1, 0.15) is 18.3 Å². The van der Waals surface area contributed by atoms with Gasteiger partial charge in [-0.25, -0.2) is 4.79 Å². The Morgan fingerprint density at radius 3 is 1.93 bits per heavy atom. The molecule has 1 fully saturated rings. The van der Waals surface area contributed by atoms with Crippen LogP contribution < -0.4 is 29.6 Å². The first kappa shape index (κ1) is 17.6. The van der Waals surface area contributed by atoms with Crippen LogP contribution in [0.1, 0.15) is 1.43 Å². The standard InChI is InChI=1S/C6H10O7.Na.H2O.H/c7-1-2(8)4(5(10)11)13-6(12)3(1)9;;;/h1-4,6-9,12H,(H,10,11);;1H2;/q;+1;;-1/t1-,2-,3+,4-,6+;;;/m0.../s1. The summed E-state index contributed by atoms with van der Waals surface area (Å²) in [7, 11) is 0. The van der Waals surface area contributed by atoms with Crippen LogP contribution in [-0.2, 0) is 9.53 Å². The molecule has 0 amide bonds. The summed E-state index contributed by atoms with van der Waals surface area (Å²) in [6.07, 6.45) is -8.72. The van der Waals surface area contributed by atoms with Crippen molar-refractivity contribution in [2.75, 3.05) is 0 Å².